The molecule has 1 spiro atoms. The number of nitrogens with one attached hydrogen (secondary N) is 1. The van der Waals surface area contributed by atoms with Gasteiger partial charge in [0.15, 0.2) is 0 Å². The van der Waals surface area contributed by atoms with Gasteiger partial charge >= 0.3 is 6.03 Å². The number of hydrogen-bond donors (Lipinski definition) is 1. The zero-order valence-electron chi connectivity index (χ0n) is 14.7. The standard InChI is InChI=1S/C18H25N3O3S/c1-13(2)19-17(22)20-10-9-18(12-20)15-5-3-4-6-16(15)25(23,24)21(18)11-14-7-8-14/h3-6,13-14H,7-12H2,1-2H3,(H,19,22)/t18-/m0/s1. The number of carbonyl (C=O) groups excluding carboxylic acids is 1. The predicted octanol–water partition coefficient (Wildman–Crippen LogP) is 2.12. The van der Waals surface area contributed by atoms with Crippen LogP contribution in [-0.4, -0.2) is 49.3 Å². The highest BCUT2D eigenvalue weighted by atomic mass is 32.2. The summed E-state index contributed by atoms with van der Waals surface area (Å²) in [6.45, 7) is 5.42. The van der Waals surface area contributed by atoms with Crippen molar-refractivity contribution >= 4 is 16.1 Å². The first-order chi connectivity index (χ1) is 11.8. The molecular formula is C18H25N3O3S. The van der Waals surface area contributed by atoms with Crippen LogP contribution in [0.2, 0.25) is 0 Å². The molecule has 4 rings (SSSR count). The van der Waals surface area contributed by atoms with Gasteiger partial charge in [-0.15, -0.1) is 0 Å². The first-order valence-electron chi connectivity index (χ1n) is 9.02. The van der Waals surface area contributed by atoms with E-state index in [0.29, 0.717) is 36.9 Å². The van der Waals surface area contributed by atoms with Crippen LogP contribution in [0.25, 0.3) is 0 Å². The first kappa shape index (κ1) is 16.8. The Kier molecular flexibility index (Phi) is 3.85. The number of benzene rings is 1. The van der Waals surface area contributed by atoms with E-state index < -0.39 is 15.6 Å². The summed E-state index contributed by atoms with van der Waals surface area (Å²) in [6.07, 6.45) is 2.84. The van der Waals surface area contributed by atoms with Crippen LogP contribution >= 0.6 is 0 Å². The van der Waals surface area contributed by atoms with Crippen LogP contribution in [0.1, 0.15) is 38.7 Å². The molecule has 1 aliphatic carbocycles. The van der Waals surface area contributed by atoms with Crippen molar-refractivity contribution in [1.82, 2.24) is 14.5 Å². The van der Waals surface area contributed by atoms with E-state index >= 15 is 0 Å². The van der Waals surface area contributed by atoms with Crippen LogP contribution in [0.15, 0.2) is 29.2 Å². The van der Waals surface area contributed by atoms with Crippen molar-refractivity contribution in [1.29, 1.82) is 0 Å². The molecule has 0 radical (unpaired) electrons. The smallest absolute Gasteiger partial charge is 0.317 e. The molecule has 6 nitrogen and oxygen atoms in total. The second kappa shape index (κ2) is 5.71. The minimum absolute atomic E-state index is 0.0613. The Morgan fingerprint density at radius 2 is 2.04 bits per heavy atom. The van der Waals surface area contributed by atoms with Gasteiger partial charge in [0.05, 0.1) is 10.4 Å². The molecule has 0 bridgehead atoms. The summed E-state index contributed by atoms with van der Waals surface area (Å²) in [5.41, 5.74) is 0.252. The number of urea groups is 1. The second-order valence-corrected chi connectivity index (χ2v) is 9.61. The number of likely N-dealkylation sites (tertiary alicyclic amines) is 1. The molecule has 2 heterocycles. The second-order valence-electron chi connectivity index (χ2n) is 7.78. The lowest BCUT2D eigenvalue weighted by Gasteiger charge is -2.34. The third-order valence-electron chi connectivity index (χ3n) is 5.50. The molecule has 1 atom stereocenters. The monoisotopic (exact) mass is 363 g/mol. The highest BCUT2D eigenvalue weighted by molar-refractivity contribution is 7.89. The lowest BCUT2D eigenvalue weighted by Crippen LogP contribution is -2.49. The third kappa shape index (κ3) is 2.64. The quantitative estimate of drug-likeness (QED) is 0.894. The maximum absolute atomic E-state index is 13.2. The maximum atomic E-state index is 13.2. The van der Waals surface area contributed by atoms with Gasteiger partial charge in [-0.3, -0.25) is 0 Å². The molecule has 2 amide bonds. The molecule has 1 aromatic carbocycles. The van der Waals surface area contributed by atoms with Crippen molar-refractivity contribution in [2.75, 3.05) is 19.6 Å². The van der Waals surface area contributed by atoms with E-state index in [1.54, 1.807) is 21.3 Å². The van der Waals surface area contributed by atoms with Crippen molar-refractivity contribution in [3.63, 3.8) is 0 Å². The molecule has 2 fully saturated rings. The van der Waals surface area contributed by atoms with Gasteiger partial charge in [-0.05, 0) is 50.7 Å². The van der Waals surface area contributed by atoms with Crippen LogP contribution in [0.3, 0.4) is 0 Å². The van der Waals surface area contributed by atoms with Gasteiger partial charge < -0.3 is 10.2 Å². The lowest BCUT2D eigenvalue weighted by atomic mass is 9.88. The van der Waals surface area contributed by atoms with Crippen LogP contribution in [0.5, 0.6) is 0 Å². The van der Waals surface area contributed by atoms with Gasteiger partial charge in [0.1, 0.15) is 0 Å². The molecule has 2 aliphatic heterocycles. The van der Waals surface area contributed by atoms with Gasteiger partial charge in [0.25, 0.3) is 0 Å². The zero-order chi connectivity index (χ0) is 17.8. The highest BCUT2D eigenvalue weighted by Crippen LogP contribution is 2.50. The van der Waals surface area contributed by atoms with Crippen molar-refractivity contribution in [3.05, 3.63) is 29.8 Å². The van der Waals surface area contributed by atoms with Crippen LogP contribution in [-0.2, 0) is 15.6 Å². The predicted molar refractivity (Wildman–Crippen MR) is 94.6 cm³/mol. The van der Waals surface area contributed by atoms with E-state index in [0.717, 1.165) is 18.4 Å². The average molecular weight is 363 g/mol. The Labute approximate surface area is 149 Å². The molecule has 3 aliphatic rings. The molecule has 1 saturated carbocycles. The number of hydrogen-bond acceptors (Lipinski definition) is 3. The first-order valence-corrected chi connectivity index (χ1v) is 10.5. The Bertz CT molecular complexity index is 804. The molecule has 25 heavy (non-hydrogen) atoms. The van der Waals surface area contributed by atoms with E-state index in [4.69, 9.17) is 0 Å². The fraction of sp³-hybridized carbons (Fsp3) is 0.611. The van der Waals surface area contributed by atoms with Gasteiger partial charge in [-0.2, -0.15) is 4.31 Å². The number of rotatable bonds is 3. The molecule has 136 valence electrons. The SMILES string of the molecule is CC(C)NC(=O)N1CC[C@]2(C1)c1ccccc1S(=O)(=O)N2CC1CC1. The molecule has 7 heteroatoms. The summed E-state index contributed by atoms with van der Waals surface area (Å²) in [6, 6.07) is 7.25. The number of fused-ring (bicyclic) bond motifs is 2. The third-order valence-corrected chi connectivity index (χ3v) is 7.49. The fourth-order valence-corrected chi connectivity index (χ4v) is 6.23. The Morgan fingerprint density at radius 3 is 2.72 bits per heavy atom. The molecule has 1 N–H and O–H groups in total. The minimum Gasteiger partial charge on any atom is -0.336 e. The minimum atomic E-state index is -3.49. The Morgan fingerprint density at radius 1 is 1.32 bits per heavy atom. The lowest BCUT2D eigenvalue weighted by molar-refractivity contribution is 0.177. The molecule has 1 saturated heterocycles. The summed E-state index contributed by atoms with van der Waals surface area (Å²) in [5, 5.41) is 2.92. The van der Waals surface area contributed by atoms with Crippen molar-refractivity contribution in [2.45, 2.75) is 49.6 Å². The number of nitrogens with zero attached hydrogens (tertiary/aromatic N) is 2. The average Bonchev–Trinajstić information content (AvgIpc) is 3.24. The Balaban J connectivity index is 1.72. The van der Waals surface area contributed by atoms with E-state index in [1.165, 1.54) is 0 Å². The molecule has 0 unspecified atom stereocenters. The normalized spacial score (nSPS) is 27.9. The van der Waals surface area contributed by atoms with E-state index in [-0.39, 0.29) is 12.1 Å². The number of sulfonamides is 1. The zero-order valence-corrected chi connectivity index (χ0v) is 15.6. The number of carbonyl (C=O) groups is 1. The summed E-state index contributed by atoms with van der Waals surface area (Å²) in [4.78, 5) is 14.6. The van der Waals surface area contributed by atoms with Crippen molar-refractivity contribution in [2.24, 2.45) is 5.92 Å². The topological polar surface area (TPSA) is 69.7 Å². The molecule has 1 aromatic rings. The summed E-state index contributed by atoms with van der Waals surface area (Å²) < 4.78 is 28.0. The van der Waals surface area contributed by atoms with Crippen LogP contribution in [0.4, 0.5) is 4.79 Å². The van der Waals surface area contributed by atoms with E-state index in [9.17, 15) is 13.2 Å². The van der Waals surface area contributed by atoms with Crippen LogP contribution in [0, 0.1) is 5.92 Å². The summed E-state index contributed by atoms with van der Waals surface area (Å²) in [7, 11) is -3.49. The molecular weight excluding hydrogens is 338 g/mol. The van der Waals surface area contributed by atoms with Gasteiger partial charge in [-0.1, -0.05) is 18.2 Å². The summed E-state index contributed by atoms with van der Waals surface area (Å²) in [5.74, 6) is 0.458. The highest BCUT2D eigenvalue weighted by Gasteiger charge is 2.58. The largest absolute Gasteiger partial charge is 0.336 e. The Hall–Kier alpha value is -1.60. The van der Waals surface area contributed by atoms with Crippen molar-refractivity contribution < 1.29 is 13.2 Å². The maximum Gasteiger partial charge on any atom is 0.317 e. The van der Waals surface area contributed by atoms with Gasteiger partial charge in [0, 0.05) is 25.7 Å². The van der Waals surface area contributed by atoms with Gasteiger partial charge in [-0.25, -0.2) is 13.2 Å². The molecule has 0 aromatic heterocycles. The fourth-order valence-electron chi connectivity index (χ4n) is 4.10. The number of amides is 2. The summed E-state index contributed by atoms with van der Waals surface area (Å²) >= 11 is 0. The van der Waals surface area contributed by atoms with Crippen molar-refractivity contribution in [3.8, 4) is 0 Å². The van der Waals surface area contributed by atoms with Gasteiger partial charge in [0.2, 0.25) is 10.0 Å². The van der Waals surface area contributed by atoms with E-state index in [1.807, 2.05) is 26.0 Å². The van der Waals surface area contributed by atoms with E-state index in [2.05, 4.69) is 5.32 Å². The van der Waals surface area contributed by atoms with Crippen LogP contribution < -0.4 is 5.32 Å².